The molecular formula is C21H30N4O3. The minimum Gasteiger partial charge on any atom is -0.365 e. The molecule has 1 amide bonds. The monoisotopic (exact) mass is 386 g/mol. The van der Waals surface area contributed by atoms with Crippen LogP contribution in [-0.2, 0) is 0 Å². The number of nitro groups is 1. The molecule has 1 aromatic carbocycles. The first-order chi connectivity index (χ1) is 13.4. The fourth-order valence-electron chi connectivity index (χ4n) is 5.29. The summed E-state index contributed by atoms with van der Waals surface area (Å²) in [5.74, 6) is 0.932. The molecule has 3 fully saturated rings. The van der Waals surface area contributed by atoms with Gasteiger partial charge in [0.2, 0.25) is 0 Å². The molecule has 3 unspecified atom stereocenters. The topological polar surface area (TPSA) is 69.9 Å². The summed E-state index contributed by atoms with van der Waals surface area (Å²) in [5, 5.41) is 11.8. The van der Waals surface area contributed by atoms with Gasteiger partial charge in [0.15, 0.2) is 0 Å². The summed E-state index contributed by atoms with van der Waals surface area (Å²) in [4.78, 5) is 30.9. The van der Waals surface area contributed by atoms with Crippen LogP contribution in [0.2, 0.25) is 0 Å². The Morgan fingerprint density at radius 1 is 1.11 bits per heavy atom. The average molecular weight is 386 g/mol. The summed E-state index contributed by atoms with van der Waals surface area (Å²) in [6, 6.07) is 5.49. The summed E-state index contributed by atoms with van der Waals surface area (Å²) in [6.07, 6.45) is 3.47. The van der Waals surface area contributed by atoms with Crippen molar-refractivity contribution in [3.05, 3.63) is 33.9 Å². The van der Waals surface area contributed by atoms with Crippen LogP contribution in [0.1, 0.15) is 43.5 Å². The number of hydrogen-bond donors (Lipinski definition) is 0. The lowest BCUT2D eigenvalue weighted by Crippen LogP contribution is -2.52. The summed E-state index contributed by atoms with van der Waals surface area (Å²) in [7, 11) is 0. The van der Waals surface area contributed by atoms with Crippen molar-refractivity contribution in [2.45, 2.75) is 39.2 Å². The number of anilines is 1. The number of hydrogen-bond acceptors (Lipinski definition) is 5. The highest BCUT2D eigenvalue weighted by molar-refractivity contribution is 5.96. The highest BCUT2D eigenvalue weighted by Crippen LogP contribution is 2.34. The standard InChI is InChI=1S/C21H30N4O3/c1-15-10-16(2)13-24(12-15)19-6-5-17(11-20(19)25(27)28)21(26)23-9-8-22-7-3-4-18(22)14-23/h5-6,11,15-16,18H,3-4,7-10,12-14H2,1-2H3. The highest BCUT2D eigenvalue weighted by atomic mass is 16.6. The van der Waals surface area contributed by atoms with E-state index < -0.39 is 0 Å². The number of amides is 1. The molecule has 7 nitrogen and oxygen atoms in total. The molecule has 3 aliphatic heterocycles. The second-order valence-corrected chi connectivity index (χ2v) is 8.89. The Labute approximate surface area is 166 Å². The third-order valence-corrected chi connectivity index (χ3v) is 6.50. The Balaban J connectivity index is 1.56. The Hall–Kier alpha value is -2.15. The van der Waals surface area contributed by atoms with Gasteiger partial charge in [-0.25, -0.2) is 0 Å². The molecule has 0 bridgehead atoms. The lowest BCUT2D eigenvalue weighted by atomic mass is 9.91. The van der Waals surface area contributed by atoms with Crippen molar-refractivity contribution >= 4 is 17.3 Å². The van der Waals surface area contributed by atoms with Crippen LogP contribution in [0.3, 0.4) is 0 Å². The van der Waals surface area contributed by atoms with Gasteiger partial charge < -0.3 is 9.80 Å². The molecule has 0 spiro atoms. The maximum atomic E-state index is 13.0. The molecule has 3 aliphatic rings. The van der Waals surface area contributed by atoms with Gasteiger partial charge in [0, 0.05) is 50.4 Å². The van der Waals surface area contributed by atoms with Crippen LogP contribution in [-0.4, -0.2) is 65.9 Å². The van der Waals surface area contributed by atoms with E-state index in [1.807, 2.05) is 4.90 Å². The van der Waals surface area contributed by atoms with Gasteiger partial charge in [0.25, 0.3) is 11.6 Å². The molecule has 3 saturated heterocycles. The number of benzene rings is 1. The molecule has 0 radical (unpaired) electrons. The number of carbonyl (C=O) groups is 1. The van der Waals surface area contributed by atoms with Crippen molar-refractivity contribution in [3.8, 4) is 0 Å². The van der Waals surface area contributed by atoms with E-state index in [0.717, 1.165) is 45.6 Å². The van der Waals surface area contributed by atoms with Crippen LogP contribution in [0, 0.1) is 22.0 Å². The largest absolute Gasteiger partial charge is 0.365 e. The van der Waals surface area contributed by atoms with E-state index in [1.54, 1.807) is 12.1 Å². The second-order valence-electron chi connectivity index (χ2n) is 8.89. The first kappa shape index (κ1) is 19.2. The van der Waals surface area contributed by atoms with E-state index in [2.05, 4.69) is 23.6 Å². The molecular weight excluding hydrogens is 356 g/mol. The van der Waals surface area contributed by atoms with E-state index in [-0.39, 0.29) is 16.5 Å². The summed E-state index contributed by atoms with van der Waals surface area (Å²) >= 11 is 0. The fourth-order valence-corrected chi connectivity index (χ4v) is 5.29. The maximum absolute atomic E-state index is 13.0. The zero-order valence-corrected chi connectivity index (χ0v) is 16.8. The molecule has 0 N–H and O–H groups in total. The second kappa shape index (κ2) is 7.70. The van der Waals surface area contributed by atoms with Crippen molar-refractivity contribution in [2.75, 3.05) is 44.2 Å². The Morgan fingerprint density at radius 2 is 1.86 bits per heavy atom. The number of piperazine rings is 1. The fraction of sp³-hybridized carbons (Fsp3) is 0.667. The van der Waals surface area contributed by atoms with Gasteiger partial charge in [-0.05, 0) is 49.8 Å². The van der Waals surface area contributed by atoms with E-state index in [4.69, 9.17) is 0 Å². The molecule has 7 heteroatoms. The minimum absolute atomic E-state index is 0.0478. The maximum Gasteiger partial charge on any atom is 0.293 e. The van der Waals surface area contributed by atoms with Crippen LogP contribution in [0.5, 0.6) is 0 Å². The van der Waals surface area contributed by atoms with Gasteiger partial charge in [-0.2, -0.15) is 0 Å². The van der Waals surface area contributed by atoms with Crippen LogP contribution >= 0.6 is 0 Å². The number of fused-ring (bicyclic) bond motifs is 1. The van der Waals surface area contributed by atoms with E-state index in [1.165, 1.54) is 12.5 Å². The SMILES string of the molecule is CC1CC(C)CN(c2ccc(C(=O)N3CCN4CCCC4C3)cc2[N+](=O)[O-])C1. The van der Waals surface area contributed by atoms with Gasteiger partial charge in [0.05, 0.1) is 4.92 Å². The van der Waals surface area contributed by atoms with Gasteiger partial charge in [-0.15, -0.1) is 0 Å². The molecule has 1 aromatic rings. The molecule has 0 aliphatic carbocycles. The third kappa shape index (κ3) is 3.72. The molecule has 3 atom stereocenters. The average Bonchev–Trinajstić information content (AvgIpc) is 3.14. The summed E-state index contributed by atoms with van der Waals surface area (Å²) < 4.78 is 0. The predicted octanol–water partition coefficient (Wildman–Crippen LogP) is 3.00. The van der Waals surface area contributed by atoms with Crippen LogP contribution in [0.15, 0.2) is 18.2 Å². The zero-order chi connectivity index (χ0) is 19.8. The van der Waals surface area contributed by atoms with Crippen molar-refractivity contribution in [1.29, 1.82) is 0 Å². The van der Waals surface area contributed by atoms with Gasteiger partial charge in [0.1, 0.15) is 5.69 Å². The highest BCUT2D eigenvalue weighted by Gasteiger charge is 2.34. The minimum atomic E-state index is -0.342. The lowest BCUT2D eigenvalue weighted by molar-refractivity contribution is -0.384. The van der Waals surface area contributed by atoms with Crippen LogP contribution in [0.4, 0.5) is 11.4 Å². The van der Waals surface area contributed by atoms with Crippen molar-refractivity contribution in [3.63, 3.8) is 0 Å². The first-order valence-corrected chi connectivity index (χ1v) is 10.5. The van der Waals surface area contributed by atoms with Gasteiger partial charge in [-0.3, -0.25) is 19.8 Å². The van der Waals surface area contributed by atoms with E-state index in [0.29, 0.717) is 35.7 Å². The number of nitrogens with zero attached hydrogens (tertiary/aromatic N) is 4. The molecule has 0 saturated carbocycles. The predicted molar refractivity (Wildman–Crippen MR) is 109 cm³/mol. The lowest BCUT2D eigenvalue weighted by Gasteiger charge is -2.38. The zero-order valence-electron chi connectivity index (χ0n) is 16.8. The first-order valence-electron chi connectivity index (χ1n) is 10.5. The molecule has 3 heterocycles. The van der Waals surface area contributed by atoms with Crippen molar-refractivity contribution < 1.29 is 9.72 Å². The molecule has 28 heavy (non-hydrogen) atoms. The van der Waals surface area contributed by atoms with E-state index in [9.17, 15) is 14.9 Å². The van der Waals surface area contributed by atoms with Crippen molar-refractivity contribution in [2.24, 2.45) is 11.8 Å². The number of nitro benzene ring substituents is 1. The smallest absolute Gasteiger partial charge is 0.293 e. The molecule has 4 rings (SSSR count). The van der Waals surface area contributed by atoms with Gasteiger partial charge in [-0.1, -0.05) is 13.8 Å². The molecule has 152 valence electrons. The summed E-state index contributed by atoms with van der Waals surface area (Å²) in [6.45, 7) is 9.48. The van der Waals surface area contributed by atoms with Crippen molar-refractivity contribution in [1.82, 2.24) is 9.80 Å². The van der Waals surface area contributed by atoms with E-state index >= 15 is 0 Å². The third-order valence-electron chi connectivity index (χ3n) is 6.50. The quantitative estimate of drug-likeness (QED) is 0.590. The summed E-state index contributed by atoms with van der Waals surface area (Å²) in [5.41, 5.74) is 1.12. The normalized spacial score (nSPS) is 28.3. The number of piperidine rings is 1. The number of rotatable bonds is 3. The van der Waals surface area contributed by atoms with Crippen LogP contribution in [0.25, 0.3) is 0 Å². The number of carbonyl (C=O) groups excluding carboxylic acids is 1. The Morgan fingerprint density at radius 3 is 2.57 bits per heavy atom. The Kier molecular flexibility index (Phi) is 5.27. The van der Waals surface area contributed by atoms with Gasteiger partial charge >= 0.3 is 0 Å². The molecule has 0 aromatic heterocycles. The van der Waals surface area contributed by atoms with Crippen LogP contribution < -0.4 is 4.90 Å². The Bertz CT molecular complexity index is 758.